The van der Waals surface area contributed by atoms with Crippen molar-refractivity contribution in [2.75, 3.05) is 12.4 Å². The van der Waals surface area contributed by atoms with Gasteiger partial charge >= 0.3 is 6.09 Å². The van der Waals surface area contributed by atoms with Crippen LogP contribution in [0.15, 0.2) is 16.6 Å². The highest BCUT2D eigenvalue weighted by Gasteiger charge is 2.46. The first-order valence-electron chi connectivity index (χ1n) is 11.9. The molecule has 0 saturated heterocycles. The van der Waals surface area contributed by atoms with Crippen molar-refractivity contribution in [3.8, 4) is 12.3 Å². The van der Waals surface area contributed by atoms with Crippen LogP contribution in [0.4, 0.5) is 10.5 Å². The van der Waals surface area contributed by atoms with Crippen molar-refractivity contribution in [1.29, 1.82) is 0 Å². The van der Waals surface area contributed by atoms with Crippen LogP contribution in [0.5, 0.6) is 0 Å². The van der Waals surface area contributed by atoms with Crippen LogP contribution >= 0.6 is 15.9 Å². The van der Waals surface area contributed by atoms with Gasteiger partial charge in [0.15, 0.2) is 18.1 Å². The Labute approximate surface area is 219 Å². The van der Waals surface area contributed by atoms with E-state index in [9.17, 15) is 4.79 Å². The number of hydrogen-bond acceptors (Lipinski definition) is 4. The Morgan fingerprint density at radius 2 is 1.47 bits per heavy atom. The second-order valence-electron chi connectivity index (χ2n) is 11.0. The molecule has 0 aliphatic rings. The molecule has 1 rings (SSSR count). The Bertz CT molecular complexity index is 881. The number of amides is 1. The van der Waals surface area contributed by atoms with E-state index in [0.717, 1.165) is 10.0 Å². The van der Waals surface area contributed by atoms with E-state index in [4.69, 9.17) is 20.0 Å². The maximum absolute atomic E-state index is 12.2. The summed E-state index contributed by atoms with van der Waals surface area (Å²) in [4.78, 5) is 12.2. The minimum Gasteiger partial charge on any atom is -0.453 e. The summed E-state index contributed by atoms with van der Waals surface area (Å²) in [6.07, 6.45) is 5.71. The van der Waals surface area contributed by atoms with E-state index in [1.807, 2.05) is 19.1 Å². The number of aryl methyl sites for hydroxylation is 1. The fourth-order valence-electron chi connectivity index (χ4n) is 3.26. The lowest BCUT2D eigenvalue weighted by atomic mass is 9.99. The van der Waals surface area contributed by atoms with Crippen LogP contribution in [0, 0.1) is 31.1 Å². The molecule has 0 heterocycles. The molecule has 0 fully saturated rings. The first kappa shape index (κ1) is 30.9. The molecule has 2 atom stereocenters. The molecule has 1 amide bonds. The van der Waals surface area contributed by atoms with Gasteiger partial charge in [0, 0.05) is 10.0 Å². The fraction of sp³-hybridized carbons (Fsp3) is 0.654. The molecule has 1 N–H and O–H groups in total. The Kier molecular flexibility index (Phi) is 10.7. The topological polar surface area (TPSA) is 56.8 Å². The van der Waals surface area contributed by atoms with Crippen molar-refractivity contribution in [1.82, 2.24) is 0 Å². The molecule has 34 heavy (non-hydrogen) atoms. The summed E-state index contributed by atoms with van der Waals surface area (Å²) in [5.41, 5.74) is 2.08. The van der Waals surface area contributed by atoms with Crippen molar-refractivity contribution in [3.05, 3.63) is 27.7 Å². The summed E-state index contributed by atoms with van der Waals surface area (Å²) in [5.74, 6) is 2.29. The molecule has 0 bridgehead atoms. The van der Waals surface area contributed by atoms with Gasteiger partial charge in [0.25, 0.3) is 0 Å². The quantitative estimate of drug-likeness (QED) is 0.182. The van der Waals surface area contributed by atoms with Gasteiger partial charge in [-0.15, -0.1) is 6.42 Å². The third-order valence-electron chi connectivity index (χ3n) is 8.02. The predicted molar refractivity (Wildman–Crippen MR) is 151 cm³/mol. The van der Waals surface area contributed by atoms with Crippen LogP contribution in [0.2, 0.25) is 23.2 Å². The Hall–Kier alpha value is -1.12. The number of nitrogens with one attached hydrogen (secondary N) is 1. The number of hydrogen-bond donors (Lipinski definition) is 1. The molecule has 0 radical (unpaired) electrons. The number of ether oxygens (including phenoxy) is 1. The van der Waals surface area contributed by atoms with Gasteiger partial charge in [0.1, 0.15) is 0 Å². The summed E-state index contributed by atoms with van der Waals surface area (Å²) in [6, 6.07) is 3.78. The van der Waals surface area contributed by atoms with E-state index in [2.05, 4.69) is 95.7 Å². The lowest BCUT2D eigenvalue weighted by molar-refractivity contribution is -0.0809. The normalized spacial score (nSPS) is 16.1. The number of rotatable bonds is 10. The van der Waals surface area contributed by atoms with Gasteiger partial charge < -0.3 is 13.6 Å². The van der Waals surface area contributed by atoms with Crippen molar-refractivity contribution in [2.24, 2.45) is 11.8 Å². The van der Waals surface area contributed by atoms with Crippen molar-refractivity contribution >= 4 is 45.8 Å². The summed E-state index contributed by atoms with van der Waals surface area (Å²) in [6.45, 7) is 24.0. The Balaban J connectivity index is 3.82. The number of carbonyl (C=O) groups is 1. The molecule has 0 spiro atoms. The third-order valence-corrected chi connectivity index (χ3v) is 15.8. The number of anilines is 1. The SMILES string of the molecule is C#CC(O[SiH](C)C(C)(C)C(C)C)(O[SiH](C)C(C)(C)C(C)C)c1cc(Br)c(C)cc1NC(=O)OC. The minimum absolute atomic E-state index is 0.0400. The largest absolute Gasteiger partial charge is 0.453 e. The van der Waals surface area contributed by atoms with Crippen LogP contribution in [0.3, 0.4) is 0 Å². The maximum atomic E-state index is 12.2. The second kappa shape index (κ2) is 11.7. The van der Waals surface area contributed by atoms with E-state index in [1.54, 1.807) is 0 Å². The highest BCUT2D eigenvalue weighted by molar-refractivity contribution is 9.10. The average Bonchev–Trinajstić information content (AvgIpc) is 2.74. The summed E-state index contributed by atoms with van der Waals surface area (Å²) in [7, 11) is -2.49. The zero-order valence-corrected chi connectivity index (χ0v) is 26.9. The van der Waals surface area contributed by atoms with Crippen LogP contribution in [0.25, 0.3) is 0 Å². The molecule has 5 nitrogen and oxygen atoms in total. The van der Waals surface area contributed by atoms with E-state index in [0.29, 0.717) is 23.1 Å². The molecular formula is C26H44BrNO4Si2. The van der Waals surface area contributed by atoms with E-state index in [1.165, 1.54) is 7.11 Å². The first-order chi connectivity index (χ1) is 15.5. The molecule has 2 unspecified atom stereocenters. The van der Waals surface area contributed by atoms with Crippen LogP contribution in [-0.4, -0.2) is 31.3 Å². The molecule has 0 aliphatic carbocycles. The highest BCUT2D eigenvalue weighted by atomic mass is 79.9. The summed E-state index contributed by atoms with van der Waals surface area (Å²) in [5, 5.41) is 2.75. The standard InChI is InChI=1S/C26H44BrNO4Si2/c1-14-26(31-33(12)24(7,8)17(2)3,32-34(13)25(9,10)18(4)5)20-16-21(27)19(6)15-22(20)28-23(29)30-11/h1,15-18,33-34H,2-13H3,(H,28,29). The molecular weight excluding hydrogens is 526 g/mol. The zero-order chi connectivity index (χ0) is 26.6. The summed E-state index contributed by atoms with van der Waals surface area (Å²) >= 11 is 3.64. The van der Waals surface area contributed by atoms with E-state index >= 15 is 0 Å². The van der Waals surface area contributed by atoms with Crippen molar-refractivity contribution in [3.63, 3.8) is 0 Å². The van der Waals surface area contributed by atoms with Gasteiger partial charge in [0.2, 0.25) is 5.79 Å². The molecule has 1 aromatic carbocycles. The van der Waals surface area contributed by atoms with Gasteiger partial charge in [-0.3, -0.25) is 5.32 Å². The van der Waals surface area contributed by atoms with Crippen LogP contribution in [0.1, 0.15) is 66.5 Å². The van der Waals surface area contributed by atoms with Crippen LogP contribution in [-0.2, 0) is 19.4 Å². The molecule has 0 aliphatic heterocycles. The van der Waals surface area contributed by atoms with Crippen molar-refractivity contribution in [2.45, 2.75) is 91.3 Å². The molecule has 0 aromatic heterocycles. The fourth-order valence-corrected chi connectivity index (χ4v) is 7.70. The number of terminal acetylenes is 1. The van der Waals surface area contributed by atoms with Crippen LogP contribution < -0.4 is 5.32 Å². The number of benzene rings is 1. The Morgan fingerprint density at radius 1 is 1.03 bits per heavy atom. The maximum Gasteiger partial charge on any atom is 0.411 e. The Morgan fingerprint density at radius 3 is 1.82 bits per heavy atom. The lowest BCUT2D eigenvalue weighted by Gasteiger charge is -2.44. The summed E-state index contributed by atoms with van der Waals surface area (Å²) < 4.78 is 19.5. The molecule has 192 valence electrons. The number of methoxy groups -OCH3 is 1. The third kappa shape index (κ3) is 6.76. The smallest absolute Gasteiger partial charge is 0.411 e. The molecule has 1 aromatic rings. The lowest BCUT2D eigenvalue weighted by Crippen LogP contribution is -2.47. The second-order valence-corrected chi connectivity index (χ2v) is 17.9. The van der Waals surface area contributed by atoms with Crippen molar-refractivity contribution < 1.29 is 18.4 Å². The highest BCUT2D eigenvalue weighted by Crippen LogP contribution is 2.46. The zero-order valence-electron chi connectivity index (χ0n) is 23.1. The molecule has 8 heteroatoms. The predicted octanol–water partition coefficient (Wildman–Crippen LogP) is 7.33. The number of halogens is 1. The number of carbonyl (C=O) groups excluding carboxylic acids is 1. The van der Waals surface area contributed by atoms with E-state index in [-0.39, 0.29) is 10.1 Å². The first-order valence-corrected chi connectivity index (χ1v) is 17.1. The van der Waals surface area contributed by atoms with Gasteiger partial charge in [-0.1, -0.05) is 71.3 Å². The van der Waals surface area contributed by atoms with Gasteiger partial charge in [-0.25, -0.2) is 4.79 Å². The van der Waals surface area contributed by atoms with Gasteiger partial charge in [-0.2, -0.15) is 0 Å². The van der Waals surface area contributed by atoms with Gasteiger partial charge in [0.05, 0.1) is 12.8 Å². The molecule has 0 saturated carbocycles. The monoisotopic (exact) mass is 569 g/mol. The van der Waals surface area contributed by atoms with E-state index < -0.39 is 30.0 Å². The average molecular weight is 571 g/mol. The minimum atomic E-state index is -1.92. The van der Waals surface area contributed by atoms with Gasteiger partial charge in [-0.05, 0) is 65.5 Å².